The van der Waals surface area contributed by atoms with Crippen molar-refractivity contribution in [1.82, 2.24) is 5.32 Å². The van der Waals surface area contributed by atoms with Crippen LogP contribution in [-0.4, -0.2) is 12.5 Å². The van der Waals surface area contributed by atoms with Gasteiger partial charge in [0.15, 0.2) is 0 Å². The van der Waals surface area contributed by atoms with Crippen molar-refractivity contribution in [3.63, 3.8) is 0 Å². The van der Waals surface area contributed by atoms with E-state index in [1.54, 1.807) is 0 Å². The van der Waals surface area contributed by atoms with Crippen LogP contribution in [0.2, 0.25) is 0 Å². The van der Waals surface area contributed by atoms with Crippen LogP contribution in [0.1, 0.15) is 23.1 Å². The fourth-order valence-corrected chi connectivity index (χ4v) is 1.54. The molecule has 84 valence electrons. The Morgan fingerprint density at radius 2 is 2.19 bits per heavy atom. The molecule has 0 radical (unpaired) electrons. The van der Waals surface area contributed by atoms with Gasteiger partial charge in [0.25, 0.3) is 0 Å². The third kappa shape index (κ3) is 3.74. The molecular weight excluding hydrogens is 200 g/mol. The van der Waals surface area contributed by atoms with Crippen molar-refractivity contribution in [1.29, 1.82) is 5.26 Å². The van der Waals surface area contributed by atoms with E-state index in [2.05, 4.69) is 37.4 Å². The summed E-state index contributed by atoms with van der Waals surface area (Å²) in [4.78, 5) is 11.1. The highest BCUT2D eigenvalue weighted by molar-refractivity contribution is 5.77. The van der Waals surface area contributed by atoms with Crippen LogP contribution < -0.4 is 5.32 Å². The number of nitrogens with one attached hydrogen (secondary N) is 1. The molecule has 0 heterocycles. The lowest BCUT2D eigenvalue weighted by atomic mass is 10.0. The Morgan fingerprint density at radius 3 is 2.88 bits per heavy atom. The first-order valence-electron chi connectivity index (χ1n) is 5.33. The molecule has 0 saturated heterocycles. The van der Waals surface area contributed by atoms with E-state index in [0.717, 1.165) is 6.42 Å². The summed E-state index contributed by atoms with van der Waals surface area (Å²) in [6.45, 7) is 4.70. The highest BCUT2D eigenvalue weighted by atomic mass is 16.1. The van der Waals surface area contributed by atoms with E-state index >= 15 is 0 Å². The number of nitrogens with zero attached hydrogens (tertiary/aromatic N) is 1. The second-order valence-corrected chi connectivity index (χ2v) is 3.86. The molecule has 0 fully saturated rings. The van der Waals surface area contributed by atoms with Gasteiger partial charge in [0.2, 0.25) is 5.91 Å². The minimum absolute atomic E-state index is 0.0627. The quantitative estimate of drug-likeness (QED) is 0.835. The zero-order chi connectivity index (χ0) is 12.0. The summed E-state index contributed by atoms with van der Waals surface area (Å²) < 4.78 is 0. The van der Waals surface area contributed by atoms with Crippen LogP contribution in [0.25, 0.3) is 0 Å². The van der Waals surface area contributed by atoms with Gasteiger partial charge in [-0.3, -0.25) is 4.79 Å². The van der Waals surface area contributed by atoms with Gasteiger partial charge in [0, 0.05) is 6.54 Å². The molecule has 1 aromatic carbocycles. The smallest absolute Gasteiger partial charge is 0.234 e. The Labute approximate surface area is 96.1 Å². The van der Waals surface area contributed by atoms with E-state index in [4.69, 9.17) is 5.26 Å². The first-order chi connectivity index (χ1) is 7.63. The van der Waals surface area contributed by atoms with Crippen LogP contribution >= 0.6 is 0 Å². The van der Waals surface area contributed by atoms with Crippen molar-refractivity contribution in [3.8, 4) is 6.07 Å². The maximum absolute atomic E-state index is 11.1. The van der Waals surface area contributed by atoms with Crippen LogP contribution in [0.5, 0.6) is 0 Å². The minimum Gasteiger partial charge on any atom is -0.355 e. The standard InChI is InChI=1S/C13H16N2O/c1-10-3-4-11(2)12(9-10)6-8-15-13(16)5-7-14/h3-4,9H,5-6,8H2,1-2H3,(H,15,16). The molecule has 0 saturated carbocycles. The summed E-state index contributed by atoms with van der Waals surface area (Å²) >= 11 is 0. The van der Waals surface area contributed by atoms with Crippen LogP contribution in [0.3, 0.4) is 0 Å². The molecule has 0 unspecified atom stereocenters. The molecule has 1 amide bonds. The largest absolute Gasteiger partial charge is 0.355 e. The Bertz CT molecular complexity index is 418. The summed E-state index contributed by atoms with van der Waals surface area (Å²) in [5.41, 5.74) is 3.71. The van der Waals surface area contributed by atoms with Gasteiger partial charge in [-0.2, -0.15) is 5.26 Å². The summed E-state index contributed by atoms with van der Waals surface area (Å²) in [6.07, 6.45) is 0.748. The van der Waals surface area contributed by atoms with Crippen LogP contribution in [0.4, 0.5) is 0 Å². The molecule has 0 aromatic heterocycles. The highest BCUT2D eigenvalue weighted by Crippen LogP contribution is 2.10. The summed E-state index contributed by atoms with van der Waals surface area (Å²) in [5.74, 6) is -0.201. The van der Waals surface area contributed by atoms with E-state index in [1.165, 1.54) is 16.7 Å². The molecule has 0 atom stereocenters. The number of hydrogen-bond donors (Lipinski definition) is 1. The summed E-state index contributed by atoms with van der Waals surface area (Å²) in [6, 6.07) is 8.12. The number of aryl methyl sites for hydroxylation is 2. The molecule has 16 heavy (non-hydrogen) atoms. The maximum Gasteiger partial charge on any atom is 0.234 e. The van der Waals surface area contributed by atoms with Crippen molar-refractivity contribution in [2.75, 3.05) is 6.54 Å². The highest BCUT2D eigenvalue weighted by Gasteiger charge is 2.01. The molecule has 1 aromatic rings. The monoisotopic (exact) mass is 216 g/mol. The Hall–Kier alpha value is -1.82. The zero-order valence-electron chi connectivity index (χ0n) is 9.71. The van der Waals surface area contributed by atoms with Crippen molar-refractivity contribution < 1.29 is 4.79 Å². The molecule has 0 aliphatic carbocycles. The van der Waals surface area contributed by atoms with Gasteiger partial charge < -0.3 is 5.32 Å². The predicted molar refractivity (Wildman–Crippen MR) is 62.9 cm³/mol. The lowest BCUT2D eigenvalue weighted by molar-refractivity contribution is -0.120. The zero-order valence-corrected chi connectivity index (χ0v) is 9.71. The van der Waals surface area contributed by atoms with E-state index in [9.17, 15) is 4.79 Å². The second-order valence-electron chi connectivity index (χ2n) is 3.86. The molecule has 3 nitrogen and oxygen atoms in total. The number of nitriles is 1. The van der Waals surface area contributed by atoms with Crippen molar-refractivity contribution in [2.45, 2.75) is 26.7 Å². The second kappa shape index (κ2) is 5.92. The molecule has 0 aliphatic heterocycles. The van der Waals surface area contributed by atoms with Gasteiger partial charge in [0.05, 0.1) is 6.07 Å². The topological polar surface area (TPSA) is 52.9 Å². The molecular formula is C13H16N2O. The third-order valence-corrected chi connectivity index (χ3v) is 2.46. The van der Waals surface area contributed by atoms with E-state index in [0.29, 0.717) is 6.54 Å². The van der Waals surface area contributed by atoms with Crippen LogP contribution in [-0.2, 0) is 11.2 Å². The Morgan fingerprint density at radius 1 is 1.44 bits per heavy atom. The van der Waals surface area contributed by atoms with Crippen molar-refractivity contribution in [2.24, 2.45) is 0 Å². The van der Waals surface area contributed by atoms with Gasteiger partial charge in [0.1, 0.15) is 6.42 Å². The first kappa shape index (κ1) is 12.3. The van der Waals surface area contributed by atoms with Gasteiger partial charge in [-0.1, -0.05) is 23.8 Å². The molecule has 0 spiro atoms. The Balaban J connectivity index is 2.46. The van der Waals surface area contributed by atoms with Crippen molar-refractivity contribution >= 4 is 5.91 Å². The number of carbonyl (C=O) groups is 1. The van der Waals surface area contributed by atoms with Gasteiger partial charge in [-0.05, 0) is 31.4 Å². The normalized spacial score (nSPS) is 9.56. The van der Waals surface area contributed by atoms with Gasteiger partial charge >= 0.3 is 0 Å². The van der Waals surface area contributed by atoms with Crippen LogP contribution in [0, 0.1) is 25.2 Å². The van der Waals surface area contributed by atoms with E-state index in [1.807, 2.05) is 6.07 Å². The lowest BCUT2D eigenvalue weighted by Crippen LogP contribution is -2.25. The summed E-state index contributed by atoms with van der Waals surface area (Å²) in [7, 11) is 0. The molecule has 0 bridgehead atoms. The predicted octanol–water partition coefficient (Wildman–Crippen LogP) is 1.88. The number of amides is 1. The SMILES string of the molecule is Cc1ccc(C)c(CCNC(=O)CC#N)c1. The molecule has 3 heteroatoms. The average Bonchev–Trinajstić information content (AvgIpc) is 2.23. The maximum atomic E-state index is 11.1. The first-order valence-corrected chi connectivity index (χ1v) is 5.33. The Kier molecular flexibility index (Phi) is 4.53. The fraction of sp³-hybridized carbons (Fsp3) is 0.385. The number of hydrogen-bond acceptors (Lipinski definition) is 2. The van der Waals surface area contributed by atoms with E-state index < -0.39 is 0 Å². The minimum atomic E-state index is -0.201. The van der Waals surface area contributed by atoms with Gasteiger partial charge in [-0.25, -0.2) is 0 Å². The molecule has 1 N–H and O–H groups in total. The van der Waals surface area contributed by atoms with Crippen LogP contribution in [0.15, 0.2) is 18.2 Å². The number of rotatable bonds is 4. The lowest BCUT2D eigenvalue weighted by Gasteiger charge is -2.07. The third-order valence-electron chi connectivity index (χ3n) is 2.46. The van der Waals surface area contributed by atoms with E-state index in [-0.39, 0.29) is 12.3 Å². The number of benzene rings is 1. The average molecular weight is 216 g/mol. The molecule has 1 rings (SSSR count). The van der Waals surface area contributed by atoms with Crippen molar-refractivity contribution in [3.05, 3.63) is 34.9 Å². The fourth-order valence-electron chi connectivity index (χ4n) is 1.54. The summed E-state index contributed by atoms with van der Waals surface area (Å²) in [5, 5.41) is 11.0. The number of carbonyl (C=O) groups excluding carboxylic acids is 1. The van der Waals surface area contributed by atoms with Gasteiger partial charge in [-0.15, -0.1) is 0 Å². The molecule has 0 aliphatic rings.